The van der Waals surface area contributed by atoms with Gasteiger partial charge >= 0.3 is 0 Å². The molecule has 1 aromatic heterocycles. The Kier molecular flexibility index (Phi) is 3.35. The summed E-state index contributed by atoms with van der Waals surface area (Å²) in [5.41, 5.74) is 0. The van der Waals surface area contributed by atoms with Crippen molar-refractivity contribution >= 4 is 11.8 Å². The van der Waals surface area contributed by atoms with Gasteiger partial charge in [-0.15, -0.1) is 0 Å². The predicted molar refractivity (Wildman–Crippen MR) is 73.7 cm³/mol. The standard InChI is InChI=1S/C14H22N4/c1-2-15-13-8-9-16-14(18-13)17-12-7-6-10-4-3-5-11(10)12/h8-12H,2-7H2,1H3,(H2,15,16,17,18)/t10-,11-,12-/m0/s1. The van der Waals surface area contributed by atoms with E-state index in [9.17, 15) is 0 Å². The fourth-order valence-corrected chi connectivity index (χ4v) is 3.61. The van der Waals surface area contributed by atoms with Crippen molar-refractivity contribution in [1.29, 1.82) is 0 Å². The predicted octanol–water partition coefficient (Wildman–Crippen LogP) is 2.90. The van der Waals surface area contributed by atoms with Gasteiger partial charge in [-0.25, -0.2) is 4.98 Å². The van der Waals surface area contributed by atoms with E-state index < -0.39 is 0 Å². The molecule has 3 rings (SSSR count). The molecule has 1 heterocycles. The van der Waals surface area contributed by atoms with Gasteiger partial charge in [-0.05, 0) is 44.1 Å². The van der Waals surface area contributed by atoms with Gasteiger partial charge in [-0.2, -0.15) is 4.98 Å². The molecule has 2 aliphatic rings. The molecule has 2 N–H and O–H groups in total. The van der Waals surface area contributed by atoms with Crippen LogP contribution in [0.2, 0.25) is 0 Å². The second-order valence-electron chi connectivity index (χ2n) is 5.48. The number of hydrogen-bond acceptors (Lipinski definition) is 4. The van der Waals surface area contributed by atoms with Gasteiger partial charge in [0, 0.05) is 18.8 Å². The van der Waals surface area contributed by atoms with Crippen molar-refractivity contribution in [2.45, 2.75) is 45.1 Å². The van der Waals surface area contributed by atoms with Crippen LogP contribution in [0.1, 0.15) is 39.0 Å². The second-order valence-corrected chi connectivity index (χ2v) is 5.48. The Hall–Kier alpha value is -1.32. The van der Waals surface area contributed by atoms with Gasteiger partial charge in [0.05, 0.1) is 0 Å². The van der Waals surface area contributed by atoms with Crippen molar-refractivity contribution < 1.29 is 0 Å². The molecule has 2 fully saturated rings. The van der Waals surface area contributed by atoms with Crippen LogP contribution < -0.4 is 10.6 Å². The number of fused-ring (bicyclic) bond motifs is 1. The highest BCUT2D eigenvalue weighted by Crippen LogP contribution is 2.44. The average molecular weight is 246 g/mol. The van der Waals surface area contributed by atoms with Crippen LogP contribution in [0.25, 0.3) is 0 Å². The number of nitrogens with zero attached hydrogens (tertiary/aromatic N) is 2. The molecule has 1 aromatic rings. The fraction of sp³-hybridized carbons (Fsp3) is 0.714. The van der Waals surface area contributed by atoms with Crippen molar-refractivity contribution in [1.82, 2.24) is 9.97 Å². The van der Waals surface area contributed by atoms with Crippen LogP contribution in [0.3, 0.4) is 0 Å². The lowest BCUT2D eigenvalue weighted by Gasteiger charge is -2.20. The van der Waals surface area contributed by atoms with Gasteiger partial charge in [-0.1, -0.05) is 12.8 Å². The van der Waals surface area contributed by atoms with Gasteiger partial charge < -0.3 is 10.6 Å². The van der Waals surface area contributed by atoms with Crippen LogP contribution in [-0.2, 0) is 0 Å². The molecular weight excluding hydrogens is 224 g/mol. The lowest BCUT2D eigenvalue weighted by Crippen LogP contribution is -2.25. The van der Waals surface area contributed by atoms with Crippen molar-refractivity contribution in [2.75, 3.05) is 17.2 Å². The molecule has 0 saturated heterocycles. The fourth-order valence-electron chi connectivity index (χ4n) is 3.61. The minimum atomic E-state index is 0.592. The summed E-state index contributed by atoms with van der Waals surface area (Å²) in [6.07, 6.45) is 8.72. The molecule has 4 heteroatoms. The number of nitrogens with one attached hydrogen (secondary N) is 2. The molecule has 98 valence electrons. The second kappa shape index (κ2) is 5.12. The first-order chi connectivity index (χ1) is 8.86. The number of rotatable bonds is 4. The number of anilines is 2. The van der Waals surface area contributed by atoms with Gasteiger partial charge in [-0.3, -0.25) is 0 Å². The average Bonchev–Trinajstić information content (AvgIpc) is 2.95. The normalized spacial score (nSPS) is 30.2. The van der Waals surface area contributed by atoms with E-state index in [-0.39, 0.29) is 0 Å². The maximum atomic E-state index is 4.51. The maximum Gasteiger partial charge on any atom is 0.224 e. The van der Waals surface area contributed by atoms with E-state index in [1.165, 1.54) is 32.1 Å². The highest BCUT2D eigenvalue weighted by Gasteiger charge is 2.39. The minimum Gasteiger partial charge on any atom is -0.370 e. The molecule has 18 heavy (non-hydrogen) atoms. The summed E-state index contributed by atoms with van der Waals surface area (Å²) in [6, 6.07) is 2.51. The maximum absolute atomic E-state index is 4.51. The van der Waals surface area contributed by atoms with Crippen LogP contribution in [-0.4, -0.2) is 22.6 Å². The highest BCUT2D eigenvalue weighted by atomic mass is 15.2. The van der Waals surface area contributed by atoms with Gasteiger partial charge in [0.2, 0.25) is 5.95 Å². The summed E-state index contributed by atoms with van der Waals surface area (Å²) in [6.45, 7) is 2.97. The van der Waals surface area contributed by atoms with E-state index in [2.05, 4.69) is 27.5 Å². The SMILES string of the molecule is CCNc1ccnc(N[C@H]2CC[C@@H]3CCC[C@@H]32)n1. The van der Waals surface area contributed by atoms with Gasteiger partial charge in [0.1, 0.15) is 5.82 Å². The molecule has 3 atom stereocenters. The van der Waals surface area contributed by atoms with Crippen molar-refractivity contribution in [3.8, 4) is 0 Å². The Labute approximate surface area is 109 Å². The molecule has 0 spiro atoms. The largest absolute Gasteiger partial charge is 0.370 e. The molecule has 0 radical (unpaired) electrons. The lowest BCUT2D eigenvalue weighted by atomic mass is 9.98. The first-order valence-corrected chi connectivity index (χ1v) is 7.20. The van der Waals surface area contributed by atoms with Crippen molar-refractivity contribution in [3.63, 3.8) is 0 Å². The quantitative estimate of drug-likeness (QED) is 0.857. The Morgan fingerprint density at radius 2 is 2.22 bits per heavy atom. The molecule has 2 saturated carbocycles. The third-order valence-corrected chi connectivity index (χ3v) is 4.41. The van der Waals surface area contributed by atoms with E-state index in [0.29, 0.717) is 6.04 Å². The monoisotopic (exact) mass is 246 g/mol. The number of hydrogen-bond donors (Lipinski definition) is 2. The molecule has 0 amide bonds. The van der Waals surface area contributed by atoms with Crippen LogP contribution in [0.5, 0.6) is 0 Å². The van der Waals surface area contributed by atoms with Crippen molar-refractivity contribution in [3.05, 3.63) is 12.3 Å². The van der Waals surface area contributed by atoms with Crippen LogP contribution in [0.15, 0.2) is 12.3 Å². The zero-order valence-electron chi connectivity index (χ0n) is 11.0. The van der Waals surface area contributed by atoms with E-state index in [1.807, 2.05) is 12.3 Å². The molecule has 0 aromatic carbocycles. The van der Waals surface area contributed by atoms with Gasteiger partial charge in [0.25, 0.3) is 0 Å². The van der Waals surface area contributed by atoms with Crippen LogP contribution in [0.4, 0.5) is 11.8 Å². The Morgan fingerprint density at radius 1 is 1.28 bits per heavy atom. The van der Waals surface area contributed by atoms with Crippen molar-refractivity contribution in [2.24, 2.45) is 11.8 Å². The Morgan fingerprint density at radius 3 is 3.11 bits per heavy atom. The number of aromatic nitrogens is 2. The summed E-state index contributed by atoms with van der Waals surface area (Å²) in [7, 11) is 0. The van der Waals surface area contributed by atoms with Gasteiger partial charge in [0.15, 0.2) is 0 Å². The molecule has 0 aliphatic heterocycles. The first kappa shape index (κ1) is 11.8. The summed E-state index contributed by atoms with van der Waals surface area (Å²) >= 11 is 0. The minimum absolute atomic E-state index is 0.592. The zero-order valence-corrected chi connectivity index (χ0v) is 11.0. The van der Waals surface area contributed by atoms with E-state index in [4.69, 9.17) is 0 Å². The molecular formula is C14H22N4. The summed E-state index contributed by atoms with van der Waals surface area (Å²) < 4.78 is 0. The third-order valence-electron chi connectivity index (χ3n) is 4.41. The van der Waals surface area contributed by atoms with E-state index in [0.717, 1.165) is 30.1 Å². The molecule has 0 unspecified atom stereocenters. The topological polar surface area (TPSA) is 49.8 Å². The summed E-state index contributed by atoms with van der Waals surface area (Å²) in [5.74, 6) is 3.51. The van der Waals surface area contributed by atoms with E-state index in [1.54, 1.807) is 0 Å². The lowest BCUT2D eigenvalue weighted by molar-refractivity contribution is 0.434. The zero-order chi connectivity index (χ0) is 12.4. The summed E-state index contributed by atoms with van der Waals surface area (Å²) in [5, 5.41) is 6.78. The molecule has 4 nitrogen and oxygen atoms in total. The van der Waals surface area contributed by atoms with Crippen LogP contribution in [0, 0.1) is 11.8 Å². The molecule has 0 bridgehead atoms. The van der Waals surface area contributed by atoms with E-state index >= 15 is 0 Å². The molecule has 2 aliphatic carbocycles. The third kappa shape index (κ3) is 2.28. The van der Waals surface area contributed by atoms with Crippen LogP contribution >= 0.6 is 0 Å². The smallest absolute Gasteiger partial charge is 0.224 e. The first-order valence-electron chi connectivity index (χ1n) is 7.20. The Balaban J connectivity index is 1.67. The highest BCUT2D eigenvalue weighted by molar-refractivity contribution is 5.40. The Bertz CT molecular complexity index is 407. The summed E-state index contributed by atoms with van der Waals surface area (Å²) in [4.78, 5) is 8.84.